The summed E-state index contributed by atoms with van der Waals surface area (Å²) < 4.78 is 0. The third kappa shape index (κ3) is 2.95. The fourth-order valence-corrected chi connectivity index (χ4v) is 2.22. The third-order valence-electron chi connectivity index (χ3n) is 3.22. The zero-order valence-electron chi connectivity index (χ0n) is 9.90. The zero-order valence-corrected chi connectivity index (χ0v) is 9.90. The number of carbonyl (C=O) groups excluding carboxylic acids is 1. The van der Waals surface area contributed by atoms with Crippen LogP contribution < -0.4 is 5.32 Å². The van der Waals surface area contributed by atoms with Crippen molar-refractivity contribution in [1.82, 2.24) is 10.2 Å². The number of aliphatic carboxylic acids is 1. The van der Waals surface area contributed by atoms with Gasteiger partial charge in [-0.05, 0) is 19.9 Å². The Labute approximate surface area is 95.8 Å². The first-order chi connectivity index (χ1) is 7.57. The predicted octanol–water partition coefficient (Wildman–Crippen LogP) is 0.165. The molecule has 1 aliphatic rings. The van der Waals surface area contributed by atoms with Crippen LogP contribution in [0.2, 0.25) is 0 Å². The largest absolute Gasteiger partial charge is 0.481 e. The smallest absolute Gasteiger partial charge is 0.307 e. The van der Waals surface area contributed by atoms with Gasteiger partial charge in [0, 0.05) is 20.1 Å². The summed E-state index contributed by atoms with van der Waals surface area (Å²) in [6.07, 6.45) is 2.18. The van der Waals surface area contributed by atoms with Gasteiger partial charge >= 0.3 is 5.97 Å². The number of hydrogen-bond donors (Lipinski definition) is 2. The van der Waals surface area contributed by atoms with E-state index in [1.807, 2.05) is 7.05 Å². The van der Waals surface area contributed by atoms with Crippen LogP contribution in [0.3, 0.4) is 0 Å². The first-order valence-corrected chi connectivity index (χ1v) is 5.70. The number of nitrogens with zero attached hydrogens (tertiary/aromatic N) is 1. The number of hydrogen-bond acceptors (Lipinski definition) is 3. The highest BCUT2D eigenvalue weighted by Crippen LogP contribution is 2.33. The highest BCUT2D eigenvalue weighted by molar-refractivity contribution is 5.85. The lowest BCUT2D eigenvalue weighted by Gasteiger charge is -2.23. The lowest BCUT2D eigenvalue weighted by molar-refractivity contribution is -0.148. The Hall–Kier alpha value is -1.10. The van der Waals surface area contributed by atoms with Crippen molar-refractivity contribution in [3.8, 4) is 0 Å². The molecule has 0 unspecified atom stereocenters. The van der Waals surface area contributed by atoms with E-state index in [1.54, 1.807) is 11.9 Å². The molecule has 0 aromatic rings. The van der Waals surface area contributed by atoms with Gasteiger partial charge in [-0.15, -0.1) is 0 Å². The molecule has 0 radical (unpaired) electrons. The summed E-state index contributed by atoms with van der Waals surface area (Å²) in [7, 11) is 3.56. The van der Waals surface area contributed by atoms with Crippen LogP contribution in [0.4, 0.5) is 0 Å². The van der Waals surface area contributed by atoms with Crippen LogP contribution in [-0.4, -0.2) is 49.1 Å². The summed E-state index contributed by atoms with van der Waals surface area (Å²) in [6, 6.07) is 0. The number of carboxylic acid groups (broad SMARTS) is 1. The van der Waals surface area contributed by atoms with Crippen molar-refractivity contribution in [2.45, 2.75) is 19.3 Å². The lowest BCUT2D eigenvalue weighted by Crippen LogP contribution is -2.39. The average molecular weight is 228 g/mol. The first-order valence-electron chi connectivity index (χ1n) is 5.70. The van der Waals surface area contributed by atoms with Crippen molar-refractivity contribution in [2.24, 2.45) is 11.8 Å². The van der Waals surface area contributed by atoms with Crippen molar-refractivity contribution >= 4 is 11.9 Å². The van der Waals surface area contributed by atoms with Crippen molar-refractivity contribution in [3.05, 3.63) is 0 Å². The second-order valence-corrected chi connectivity index (χ2v) is 4.35. The van der Waals surface area contributed by atoms with E-state index in [0.29, 0.717) is 19.4 Å². The highest BCUT2D eigenvalue weighted by atomic mass is 16.4. The molecule has 1 aliphatic carbocycles. The number of carbonyl (C=O) groups is 2. The van der Waals surface area contributed by atoms with Gasteiger partial charge in [0.1, 0.15) is 0 Å². The zero-order chi connectivity index (χ0) is 12.1. The molecular formula is C11H20N2O3. The van der Waals surface area contributed by atoms with E-state index in [0.717, 1.165) is 13.0 Å². The summed E-state index contributed by atoms with van der Waals surface area (Å²) in [4.78, 5) is 24.6. The maximum atomic E-state index is 12.0. The van der Waals surface area contributed by atoms with E-state index in [2.05, 4.69) is 5.32 Å². The van der Waals surface area contributed by atoms with Gasteiger partial charge in [0.05, 0.1) is 11.8 Å². The predicted molar refractivity (Wildman–Crippen MR) is 60.0 cm³/mol. The van der Waals surface area contributed by atoms with E-state index >= 15 is 0 Å². The van der Waals surface area contributed by atoms with Crippen molar-refractivity contribution in [1.29, 1.82) is 0 Å². The minimum atomic E-state index is -0.835. The van der Waals surface area contributed by atoms with Gasteiger partial charge in [0.15, 0.2) is 0 Å². The molecule has 0 aliphatic heterocycles. The highest BCUT2D eigenvalue weighted by Gasteiger charge is 2.38. The summed E-state index contributed by atoms with van der Waals surface area (Å²) in [6.45, 7) is 1.35. The molecule has 16 heavy (non-hydrogen) atoms. The maximum Gasteiger partial charge on any atom is 0.307 e. The Kier molecular flexibility index (Phi) is 4.73. The molecule has 0 bridgehead atoms. The van der Waals surface area contributed by atoms with E-state index in [4.69, 9.17) is 5.11 Å². The molecular weight excluding hydrogens is 208 g/mol. The fourth-order valence-electron chi connectivity index (χ4n) is 2.22. The maximum absolute atomic E-state index is 12.0. The quantitative estimate of drug-likeness (QED) is 0.703. The van der Waals surface area contributed by atoms with Gasteiger partial charge in [0.2, 0.25) is 5.91 Å². The van der Waals surface area contributed by atoms with Crippen LogP contribution in [0.25, 0.3) is 0 Å². The van der Waals surface area contributed by atoms with E-state index in [9.17, 15) is 9.59 Å². The molecule has 2 N–H and O–H groups in total. The molecule has 0 aromatic heterocycles. The Morgan fingerprint density at radius 3 is 2.56 bits per heavy atom. The molecule has 5 heteroatoms. The molecule has 5 nitrogen and oxygen atoms in total. The second kappa shape index (κ2) is 5.84. The topological polar surface area (TPSA) is 69.6 Å². The Morgan fingerprint density at radius 1 is 1.38 bits per heavy atom. The molecule has 0 heterocycles. The fraction of sp³-hybridized carbons (Fsp3) is 0.818. The average Bonchev–Trinajstić information content (AvgIpc) is 2.73. The second-order valence-electron chi connectivity index (χ2n) is 4.35. The van der Waals surface area contributed by atoms with Crippen LogP contribution in [0.1, 0.15) is 19.3 Å². The van der Waals surface area contributed by atoms with E-state index < -0.39 is 11.9 Å². The number of amides is 1. The molecule has 2 atom stereocenters. The SMILES string of the molecule is CNCCN(C)C(=O)[C@@H]1CCC[C@@H]1C(=O)O. The summed E-state index contributed by atoms with van der Waals surface area (Å²) in [5.74, 6) is -1.66. The molecule has 1 fully saturated rings. The van der Waals surface area contributed by atoms with Gasteiger partial charge in [0.25, 0.3) is 0 Å². The van der Waals surface area contributed by atoms with Gasteiger partial charge in [-0.25, -0.2) is 0 Å². The minimum absolute atomic E-state index is 0.0276. The van der Waals surface area contributed by atoms with Gasteiger partial charge < -0.3 is 15.3 Å². The molecule has 0 aromatic carbocycles. The lowest BCUT2D eigenvalue weighted by atomic mass is 9.95. The number of carboxylic acids is 1. The molecule has 0 spiro atoms. The Balaban J connectivity index is 2.55. The van der Waals surface area contributed by atoms with Crippen LogP contribution in [0, 0.1) is 11.8 Å². The van der Waals surface area contributed by atoms with Crippen molar-refractivity contribution in [2.75, 3.05) is 27.2 Å². The standard InChI is InChI=1S/C11H20N2O3/c1-12-6-7-13(2)10(14)8-4-3-5-9(8)11(15)16/h8-9,12H,3-7H2,1-2H3,(H,15,16)/t8-,9+/m1/s1. The first kappa shape index (κ1) is 13.0. The van der Waals surface area contributed by atoms with Crippen molar-refractivity contribution < 1.29 is 14.7 Å². The van der Waals surface area contributed by atoms with Gasteiger partial charge in [-0.3, -0.25) is 9.59 Å². The monoisotopic (exact) mass is 228 g/mol. The normalized spacial score (nSPS) is 24.4. The van der Waals surface area contributed by atoms with E-state index in [-0.39, 0.29) is 11.8 Å². The summed E-state index contributed by atoms with van der Waals surface area (Å²) >= 11 is 0. The molecule has 1 amide bonds. The van der Waals surface area contributed by atoms with Crippen LogP contribution in [0.5, 0.6) is 0 Å². The Morgan fingerprint density at radius 2 is 2.00 bits per heavy atom. The molecule has 1 saturated carbocycles. The van der Waals surface area contributed by atoms with E-state index in [1.165, 1.54) is 0 Å². The molecule has 92 valence electrons. The van der Waals surface area contributed by atoms with Crippen LogP contribution in [0.15, 0.2) is 0 Å². The van der Waals surface area contributed by atoms with Gasteiger partial charge in [-0.1, -0.05) is 6.42 Å². The van der Waals surface area contributed by atoms with Crippen LogP contribution >= 0.6 is 0 Å². The number of likely N-dealkylation sites (N-methyl/N-ethyl adjacent to an activating group) is 2. The van der Waals surface area contributed by atoms with Gasteiger partial charge in [-0.2, -0.15) is 0 Å². The summed E-state index contributed by atoms with van der Waals surface area (Å²) in [5, 5.41) is 12.0. The number of nitrogens with one attached hydrogen (secondary N) is 1. The number of rotatable bonds is 5. The minimum Gasteiger partial charge on any atom is -0.481 e. The molecule has 0 saturated heterocycles. The summed E-state index contributed by atoms with van der Waals surface area (Å²) in [5.41, 5.74) is 0. The molecule has 1 rings (SSSR count). The third-order valence-corrected chi connectivity index (χ3v) is 3.22. The Bertz CT molecular complexity index is 268. The van der Waals surface area contributed by atoms with Crippen molar-refractivity contribution in [3.63, 3.8) is 0 Å². The van der Waals surface area contributed by atoms with Crippen LogP contribution in [-0.2, 0) is 9.59 Å².